The number of halogens is 1. The lowest BCUT2D eigenvalue weighted by Crippen LogP contribution is -2.00. The number of aldehydes is 1. The molecule has 0 saturated heterocycles. The summed E-state index contributed by atoms with van der Waals surface area (Å²) < 4.78 is 22.2. The molecular formula is C9H6ClNO3S. The molecule has 1 aromatic rings. The molecule has 0 radical (unpaired) electrons. The summed E-state index contributed by atoms with van der Waals surface area (Å²) in [5.41, 5.74) is 0.378. The summed E-state index contributed by atoms with van der Waals surface area (Å²) in [6.45, 7) is 1.43. The van der Waals surface area contributed by atoms with E-state index in [-0.39, 0.29) is 21.6 Å². The van der Waals surface area contributed by atoms with Crippen molar-refractivity contribution >= 4 is 26.0 Å². The van der Waals surface area contributed by atoms with Gasteiger partial charge >= 0.3 is 0 Å². The van der Waals surface area contributed by atoms with Gasteiger partial charge in [-0.15, -0.1) is 0 Å². The molecule has 0 aliphatic rings. The van der Waals surface area contributed by atoms with Crippen molar-refractivity contribution in [3.05, 3.63) is 28.8 Å². The Morgan fingerprint density at radius 2 is 2.07 bits per heavy atom. The minimum Gasteiger partial charge on any atom is -0.298 e. The van der Waals surface area contributed by atoms with E-state index >= 15 is 0 Å². The van der Waals surface area contributed by atoms with Gasteiger partial charge in [-0.1, -0.05) is 0 Å². The second-order valence-electron chi connectivity index (χ2n) is 2.82. The van der Waals surface area contributed by atoms with E-state index in [9.17, 15) is 13.2 Å². The van der Waals surface area contributed by atoms with Gasteiger partial charge in [0.25, 0.3) is 9.05 Å². The minimum atomic E-state index is -3.89. The molecule has 0 fully saturated rings. The van der Waals surface area contributed by atoms with Crippen molar-refractivity contribution in [2.24, 2.45) is 0 Å². The van der Waals surface area contributed by atoms with E-state index in [1.807, 2.05) is 0 Å². The van der Waals surface area contributed by atoms with Crippen LogP contribution in [0.1, 0.15) is 21.5 Å². The van der Waals surface area contributed by atoms with Gasteiger partial charge in [0.05, 0.1) is 10.5 Å². The molecule has 0 amide bonds. The van der Waals surface area contributed by atoms with Gasteiger partial charge in [-0.3, -0.25) is 4.79 Å². The second kappa shape index (κ2) is 4.01. The summed E-state index contributed by atoms with van der Waals surface area (Å²) >= 11 is 0. The van der Waals surface area contributed by atoms with Gasteiger partial charge in [-0.05, 0) is 24.6 Å². The predicted molar refractivity (Wildman–Crippen MR) is 54.3 cm³/mol. The molecule has 0 bridgehead atoms. The number of hydrogen-bond donors (Lipinski definition) is 0. The molecule has 0 N–H and O–H groups in total. The van der Waals surface area contributed by atoms with Gasteiger partial charge in [-0.25, -0.2) is 8.42 Å². The summed E-state index contributed by atoms with van der Waals surface area (Å²) in [5, 5.41) is 8.77. The van der Waals surface area contributed by atoms with Crippen molar-refractivity contribution < 1.29 is 13.2 Å². The number of rotatable bonds is 2. The fourth-order valence-electron chi connectivity index (χ4n) is 1.22. The number of nitrogens with zero attached hydrogens (tertiary/aromatic N) is 1. The molecule has 0 aromatic heterocycles. The summed E-state index contributed by atoms with van der Waals surface area (Å²) in [7, 11) is 1.28. The average molecular weight is 244 g/mol. The van der Waals surface area contributed by atoms with Crippen molar-refractivity contribution in [3.8, 4) is 6.07 Å². The van der Waals surface area contributed by atoms with E-state index in [1.54, 1.807) is 6.07 Å². The summed E-state index contributed by atoms with van der Waals surface area (Å²) in [6.07, 6.45) is 0.496. The van der Waals surface area contributed by atoms with Gasteiger partial charge in [0.1, 0.15) is 6.07 Å². The Balaban J connectivity index is 3.66. The van der Waals surface area contributed by atoms with Crippen molar-refractivity contribution in [2.45, 2.75) is 11.8 Å². The zero-order valence-corrected chi connectivity index (χ0v) is 9.26. The van der Waals surface area contributed by atoms with E-state index in [0.29, 0.717) is 6.29 Å². The lowest BCUT2D eigenvalue weighted by Gasteiger charge is -2.05. The second-order valence-corrected chi connectivity index (χ2v) is 5.35. The Labute approximate surface area is 91.5 Å². The largest absolute Gasteiger partial charge is 0.298 e. The standard InChI is InChI=1S/C9H6ClNO3S/c1-6-8(4-11)7(5-12)2-3-9(6)15(10,13)14/h2-3,5H,1H3. The maximum Gasteiger partial charge on any atom is 0.261 e. The zero-order valence-electron chi connectivity index (χ0n) is 7.69. The van der Waals surface area contributed by atoms with E-state index in [1.165, 1.54) is 19.1 Å². The Bertz CT molecular complexity index is 557. The van der Waals surface area contributed by atoms with Crippen molar-refractivity contribution in [2.75, 3.05) is 0 Å². The Morgan fingerprint density at radius 3 is 2.47 bits per heavy atom. The highest BCUT2D eigenvalue weighted by atomic mass is 35.7. The number of hydrogen-bond acceptors (Lipinski definition) is 4. The molecule has 0 heterocycles. The summed E-state index contributed by atoms with van der Waals surface area (Å²) in [6, 6.07) is 4.24. The van der Waals surface area contributed by atoms with Crippen molar-refractivity contribution in [3.63, 3.8) is 0 Å². The number of carbonyl (C=O) groups excluding carboxylic acids is 1. The van der Waals surface area contributed by atoms with Crippen molar-refractivity contribution in [1.29, 1.82) is 5.26 Å². The van der Waals surface area contributed by atoms with Gasteiger partial charge < -0.3 is 0 Å². The molecule has 0 aliphatic heterocycles. The number of carbonyl (C=O) groups is 1. The first-order valence-electron chi connectivity index (χ1n) is 3.85. The summed E-state index contributed by atoms with van der Waals surface area (Å²) in [5.74, 6) is 0. The van der Waals surface area contributed by atoms with Crippen LogP contribution >= 0.6 is 10.7 Å². The molecule has 4 nitrogen and oxygen atoms in total. The Morgan fingerprint density at radius 1 is 1.47 bits per heavy atom. The lowest BCUT2D eigenvalue weighted by atomic mass is 10.0. The normalized spacial score (nSPS) is 10.7. The number of nitriles is 1. The van der Waals surface area contributed by atoms with E-state index in [4.69, 9.17) is 15.9 Å². The third kappa shape index (κ3) is 2.17. The summed E-state index contributed by atoms with van der Waals surface area (Å²) in [4.78, 5) is 10.4. The predicted octanol–water partition coefficient (Wildman–Crippen LogP) is 1.61. The van der Waals surface area contributed by atoms with Crippen molar-refractivity contribution in [1.82, 2.24) is 0 Å². The smallest absolute Gasteiger partial charge is 0.261 e. The third-order valence-electron chi connectivity index (χ3n) is 1.95. The zero-order chi connectivity index (χ0) is 11.6. The molecule has 1 rings (SSSR count). The fourth-order valence-corrected chi connectivity index (χ4v) is 2.42. The fraction of sp³-hybridized carbons (Fsp3) is 0.111. The molecule has 0 spiro atoms. The maximum atomic E-state index is 11.1. The lowest BCUT2D eigenvalue weighted by molar-refractivity contribution is 0.112. The minimum absolute atomic E-state index is 0.0340. The first kappa shape index (κ1) is 11.7. The third-order valence-corrected chi connectivity index (χ3v) is 3.42. The Kier molecular flexibility index (Phi) is 3.12. The van der Waals surface area contributed by atoms with E-state index in [2.05, 4.69) is 0 Å². The highest BCUT2D eigenvalue weighted by Crippen LogP contribution is 2.23. The molecule has 0 atom stereocenters. The number of benzene rings is 1. The van der Waals surface area contributed by atoms with Crippen LogP contribution in [0.3, 0.4) is 0 Å². The quantitative estimate of drug-likeness (QED) is 0.584. The van der Waals surface area contributed by atoms with E-state index < -0.39 is 9.05 Å². The molecular weight excluding hydrogens is 238 g/mol. The van der Waals surface area contributed by atoms with Gasteiger partial charge in [0, 0.05) is 16.2 Å². The highest BCUT2D eigenvalue weighted by Gasteiger charge is 2.17. The molecule has 0 unspecified atom stereocenters. The molecule has 0 aliphatic carbocycles. The maximum absolute atomic E-state index is 11.1. The SMILES string of the molecule is Cc1c(S(=O)(=O)Cl)ccc(C=O)c1C#N. The van der Waals surface area contributed by atoms with Gasteiger partial charge in [0.15, 0.2) is 6.29 Å². The van der Waals surface area contributed by atoms with Crippen LogP contribution in [0.25, 0.3) is 0 Å². The van der Waals surface area contributed by atoms with E-state index in [0.717, 1.165) is 0 Å². The molecule has 15 heavy (non-hydrogen) atoms. The molecule has 1 aromatic carbocycles. The van der Waals surface area contributed by atoms with Crippen LogP contribution in [0, 0.1) is 18.3 Å². The van der Waals surface area contributed by atoms with Gasteiger partial charge in [-0.2, -0.15) is 5.26 Å². The van der Waals surface area contributed by atoms with Crippen LogP contribution < -0.4 is 0 Å². The average Bonchev–Trinajstić information content (AvgIpc) is 2.15. The highest BCUT2D eigenvalue weighted by molar-refractivity contribution is 8.13. The molecule has 78 valence electrons. The van der Waals surface area contributed by atoms with Crippen LogP contribution in [-0.2, 0) is 9.05 Å². The first-order valence-corrected chi connectivity index (χ1v) is 6.16. The van der Waals surface area contributed by atoms with Crippen LogP contribution in [0.5, 0.6) is 0 Å². The van der Waals surface area contributed by atoms with Crippen LogP contribution in [-0.4, -0.2) is 14.7 Å². The topological polar surface area (TPSA) is 75.0 Å². The van der Waals surface area contributed by atoms with Crippen LogP contribution in [0.15, 0.2) is 17.0 Å². The monoisotopic (exact) mass is 243 g/mol. The molecule has 6 heteroatoms. The molecule has 0 saturated carbocycles. The van der Waals surface area contributed by atoms with Crippen LogP contribution in [0.2, 0.25) is 0 Å². The Hall–Kier alpha value is -1.38. The van der Waals surface area contributed by atoms with Gasteiger partial charge in [0.2, 0.25) is 0 Å². The van der Waals surface area contributed by atoms with Crippen LogP contribution in [0.4, 0.5) is 0 Å². The first-order chi connectivity index (χ1) is 6.91.